The topological polar surface area (TPSA) is 81.8 Å². The van der Waals surface area contributed by atoms with E-state index >= 15 is 0 Å². The monoisotopic (exact) mass is 422 g/mol. The third kappa shape index (κ3) is 3.57. The lowest BCUT2D eigenvalue weighted by Gasteiger charge is -2.09. The van der Waals surface area contributed by atoms with E-state index in [1.807, 2.05) is 35.0 Å². The molecule has 2 aromatic heterocycles. The first-order valence-corrected chi connectivity index (χ1v) is 9.94. The number of rotatable bonds is 6. The molecule has 0 bridgehead atoms. The van der Waals surface area contributed by atoms with E-state index in [0.29, 0.717) is 17.2 Å². The molecular formula is C22H18N2O5S. The average molecular weight is 422 g/mol. The number of benzene rings is 1. The summed E-state index contributed by atoms with van der Waals surface area (Å²) < 4.78 is 12.0. The van der Waals surface area contributed by atoms with Gasteiger partial charge in [0.1, 0.15) is 5.76 Å². The van der Waals surface area contributed by atoms with Gasteiger partial charge in [0, 0.05) is 29.2 Å². The van der Waals surface area contributed by atoms with Gasteiger partial charge in [0.2, 0.25) is 5.76 Å². The van der Waals surface area contributed by atoms with Crippen LogP contribution in [0.3, 0.4) is 0 Å². The molecule has 30 heavy (non-hydrogen) atoms. The van der Waals surface area contributed by atoms with Crippen molar-refractivity contribution in [1.29, 1.82) is 0 Å². The van der Waals surface area contributed by atoms with Gasteiger partial charge < -0.3 is 13.7 Å². The first-order valence-electron chi connectivity index (χ1n) is 9.13. The fourth-order valence-electron chi connectivity index (χ4n) is 3.29. The highest BCUT2D eigenvalue weighted by Crippen LogP contribution is 2.35. The molecule has 8 heteroatoms. The molecule has 0 N–H and O–H groups in total. The van der Waals surface area contributed by atoms with Crippen LogP contribution in [0.5, 0.6) is 0 Å². The van der Waals surface area contributed by atoms with E-state index in [-0.39, 0.29) is 12.3 Å². The van der Waals surface area contributed by atoms with E-state index in [1.54, 1.807) is 18.2 Å². The number of hydrogen-bond donors (Lipinski definition) is 0. The summed E-state index contributed by atoms with van der Waals surface area (Å²) >= 11 is 0.880. The van der Waals surface area contributed by atoms with Crippen LogP contribution in [0.25, 0.3) is 17.0 Å². The fourth-order valence-corrected chi connectivity index (χ4v) is 4.12. The molecule has 1 aliphatic heterocycles. The van der Waals surface area contributed by atoms with Crippen LogP contribution in [0.2, 0.25) is 0 Å². The molecule has 0 aliphatic carbocycles. The summed E-state index contributed by atoms with van der Waals surface area (Å²) in [5.74, 6) is -0.681. The van der Waals surface area contributed by atoms with Crippen molar-refractivity contribution in [3.8, 4) is 0 Å². The third-order valence-corrected chi connectivity index (χ3v) is 5.57. The molecular weight excluding hydrogens is 404 g/mol. The number of imide groups is 1. The second kappa shape index (κ2) is 8.08. The Morgan fingerprint density at radius 3 is 2.80 bits per heavy atom. The van der Waals surface area contributed by atoms with Crippen molar-refractivity contribution in [2.45, 2.75) is 13.1 Å². The number of esters is 1. The Labute approximate surface area is 176 Å². The molecule has 0 spiro atoms. The van der Waals surface area contributed by atoms with Crippen LogP contribution in [-0.4, -0.2) is 33.7 Å². The maximum atomic E-state index is 12.8. The normalized spacial score (nSPS) is 15.4. The highest BCUT2D eigenvalue weighted by molar-refractivity contribution is 8.18. The fraction of sp³-hybridized carbons (Fsp3) is 0.136. The van der Waals surface area contributed by atoms with E-state index in [2.05, 4.69) is 11.3 Å². The average Bonchev–Trinajstić information content (AvgIpc) is 3.42. The minimum Gasteiger partial charge on any atom is -0.463 e. The van der Waals surface area contributed by atoms with E-state index in [1.165, 1.54) is 13.2 Å². The van der Waals surface area contributed by atoms with Crippen molar-refractivity contribution < 1.29 is 23.5 Å². The Hall–Kier alpha value is -3.52. The van der Waals surface area contributed by atoms with Crippen LogP contribution >= 0.6 is 11.8 Å². The number of allylic oxidation sites excluding steroid dienone is 1. The molecule has 3 heterocycles. The van der Waals surface area contributed by atoms with Gasteiger partial charge in [0.25, 0.3) is 11.1 Å². The number of fused-ring (bicyclic) bond motifs is 1. The lowest BCUT2D eigenvalue weighted by Crippen LogP contribution is -2.27. The number of thioether (sulfide) groups is 1. The second-order valence-corrected chi connectivity index (χ2v) is 7.56. The predicted octanol–water partition coefficient (Wildman–Crippen LogP) is 4.44. The van der Waals surface area contributed by atoms with Gasteiger partial charge in [-0.05, 0) is 36.0 Å². The summed E-state index contributed by atoms with van der Waals surface area (Å²) in [7, 11) is 1.25. The van der Waals surface area contributed by atoms with E-state index < -0.39 is 17.1 Å². The first-order chi connectivity index (χ1) is 14.5. The van der Waals surface area contributed by atoms with Gasteiger partial charge in [0.15, 0.2) is 0 Å². The summed E-state index contributed by atoms with van der Waals surface area (Å²) in [5, 5.41) is 0.594. The van der Waals surface area contributed by atoms with Crippen molar-refractivity contribution in [3.63, 3.8) is 0 Å². The lowest BCUT2D eigenvalue weighted by molar-refractivity contribution is -0.123. The van der Waals surface area contributed by atoms with Crippen LogP contribution in [0.1, 0.15) is 21.9 Å². The molecule has 152 valence electrons. The zero-order valence-corrected chi connectivity index (χ0v) is 17.0. The molecule has 0 radical (unpaired) electrons. The van der Waals surface area contributed by atoms with Gasteiger partial charge in [-0.1, -0.05) is 24.3 Å². The second-order valence-electron chi connectivity index (χ2n) is 6.57. The first kappa shape index (κ1) is 19.8. The van der Waals surface area contributed by atoms with E-state index in [0.717, 1.165) is 33.1 Å². The number of amides is 2. The quantitative estimate of drug-likeness (QED) is 0.332. The Kier molecular flexibility index (Phi) is 5.33. The SMILES string of the molecule is C=CCn1cc(C=C2SC(=O)N(Cc3ccc(C(=O)OC)o3)C2=O)c2ccccc21. The van der Waals surface area contributed by atoms with E-state index in [4.69, 9.17) is 4.42 Å². The number of methoxy groups -OCH3 is 1. The van der Waals surface area contributed by atoms with Crippen LogP contribution in [0.15, 0.2) is 64.6 Å². The van der Waals surface area contributed by atoms with Crippen LogP contribution in [0, 0.1) is 0 Å². The minimum atomic E-state index is -0.619. The van der Waals surface area contributed by atoms with Crippen molar-refractivity contribution in [1.82, 2.24) is 9.47 Å². The largest absolute Gasteiger partial charge is 0.463 e. The minimum absolute atomic E-state index is 0.0186. The number of carbonyl (C=O) groups excluding carboxylic acids is 3. The van der Waals surface area contributed by atoms with Crippen molar-refractivity contribution in [2.24, 2.45) is 0 Å². The number of carbonyl (C=O) groups is 3. The molecule has 0 atom stereocenters. The van der Waals surface area contributed by atoms with Crippen molar-refractivity contribution in [2.75, 3.05) is 7.11 Å². The number of para-hydroxylation sites is 1. The predicted molar refractivity (Wildman–Crippen MR) is 114 cm³/mol. The molecule has 3 aromatic rings. The molecule has 1 aliphatic rings. The molecule has 0 unspecified atom stereocenters. The third-order valence-electron chi connectivity index (χ3n) is 4.67. The van der Waals surface area contributed by atoms with Crippen molar-refractivity contribution in [3.05, 3.63) is 77.2 Å². The summed E-state index contributed by atoms with van der Waals surface area (Å²) in [6.07, 6.45) is 5.47. The number of aromatic nitrogens is 1. The number of hydrogen-bond acceptors (Lipinski definition) is 6. The zero-order valence-electron chi connectivity index (χ0n) is 16.2. The Bertz CT molecular complexity index is 1200. The van der Waals surface area contributed by atoms with Gasteiger partial charge in [-0.25, -0.2) is 4.79 Å². The Morgan fingerprint density at radius 1 is 1.23 bits per heavy atom. The van der Waals surface area contributed by atoms with E-state index in [9.17, 15) is 14.4 Å². The number of furan rings is 1. The van der Waals surface area contributed by atoms with Crippen LogP contribution in [0.4, 0.5) is 4.79 Å². The molecule has 1 aromatic carbocycles. The Balaban J connectivity index is 1.61. The van der Waals surface area contributed by atoms with Crippen LogP contribution in [-0.2, 0) is 22.6 Å². The maximum Gasteiger partial charge on any atom is 0.373 e. The van der Waals surface area contributed by atoms with Gasteiger partial charge in [0.05, 0.1) is 18.6 Å². The lowest BCUT2D eigenvalue weighted by atomic mass is 10.1. The summed E-state index contributed by atoms with van der Waals surface area (Å²) in [5.41, 5.74) is 1.87. The Morgan fingerprint density at radius 2 is 2.03 bits per heavy atom. The molecule has 1 fully saturated rings. The standard InChI is InChI=1S/C22H18N2O5S/c1-3-10-23-12-14(16-6-4-5-7-17(16)23)11-19-20(25)24(22(27)30-19)13-15-8-9-18(29-15)21(26)28-2/h3-9,11-12H,1,10,13H2,2H3. The molecule has 0 saturated carbocycles. The van der Waals surface area contributed by atoms with Gasteiger partial charge in [-0.15, -0.1) is 6.58 Å². The number of ether oxygens (including phenoxy) is 1. The zero-order chi connectivity index (χ0) is 21.3. The molecule has 1 saturated heterocycles. The molecule has 7 nitrogen and oxygen atoms in total. The highest BCUT2D eigenvalue weighted by atomic mass is 32.2. The molecule has 4 rings (SSSR count). The smallest absolute Gasteiger partial charge is 0.373 e. The van der Waals surface area contributed by atoms with Crippen molar-refractivity contribution >= 4 is 45.9 Å². The maximum absolute atomic E-state index is 12.8. The van der Waals surface area contributed by atoms with Gasteiger partial charge >= 0.3 is 5.97 Å². The summed E-state index contributed by atoms with van der Waals surface area (Å²) in [6.45, 7) is 4.36. The molecule has 2 amide bonds. The highest BCUT2D eigenvalue weighted by Gasteiger charge is 2.36. The van der Waals surface area contributed by atoms with Crippen LogP contribution < -0.4 is 0 Å². The number of nitrogens with zero attached hydrogens (tertiary/aromatic N) is 2. The van der Waals surface area contributed by atoms with Gasteiger partial charge in [-0.3, -0.25) is 14.5 Å². The summed E-state index contributed by atoms with van der Waals surface area (Å²) in [6, 6.07) is 10.8. The van der Waals surface area contributed by atoms with Gasteiger partial charge in [-0.2, -0.15) is 0 Å². The summed E-state index contributed by atoms with van der Waals surface area (Å²) in [4.78, 5) is 38.2.